The molecule has 0 aliphatic heterocycles. The van der Waals surface area contributed by atoms with Gasteiger partial charge in [-0.25, -0.2) is 0 Å². The lowest BCUT2D eigenvalue weighted by atomic mass is 9.97. The zero-order chi connectivity index (χ0) is 12.2. The molecule has 5 N–H and O–H groups in total. The van der Waals surface area contributed by atoms with Crippen LogP contribution in [0.3, 0.4) is 0 Å². The molecular formula is C10H18N4O2. The zero-order valence-corrected chi connectivity index (χ0v) is 9.58. The van der Waals surface area contributed by atoms with Crippen molar-refractivity contribution < 1.29 is 9.90 Å². The Balaban J connectivity index is 2.57. The van der Waals surface area contributed by atoms with Crippen LogP contribution >= 0.6 is 0 Å². The normalized spacial score (nSPS) is 11.4. The summed E-state index contributed by atoms with van der Waals surface area (Å²) in [4.78, 5) is 11.6. The van der Waals surface area contributed by atoms with Gasteiger partial charge in [0.05, 0.1) is 17.5 Å². The summed E-state index contributed by atoms with van der Waals surface area (Å²) in [6.45, 7) is 3.96. The third kappa shape index (κ3) is 2.73. The van der Waals surface area contributed by atoms with Crippen LogP contribution in [0, 0.1) is 0 Å². The number of amides is 1. The molecule has 0 fully saturated rings. The van der Waals surface area contributed by atoms with Crippen LogP contribution in [-0.2, 0) is 0 Å². The number of carbonyl (C=O) groups excluding carboxylic acids is 1. The van der Waals surface area contributed by atoms with Crippen LogP contribution in [0.15, 0.2) is 6.20 Å². The fourth-order valence-electron chi connectivity index (χ4n) is 1.31. The quantitative estimate of drug-likeness (QED) is 0.578. The van der Waals surface area contributed by atoms with E-state index in [-0.39, 0.29) is 18.1 Å². The number of aromatic amines is 1. The van der Waals surface area contributed by atoms with Crippen molar-refractivity contribution >= 4 is 11.6 Å². The van der Waals surface area contributed by atoms with E-state index in [9.17, 15) is 9.90 Å². The Morgan fingerprint density at radius 3 is 2.69 bits per heavy atom. The predicted molar refractivity (Wildman–Crippen MR) is 60.9 cm³/mol. The maximum atomic E-state index is 11.6. The Hall–Kier alpha value is -1.56. The van der Waals surface area contributed by atoms with Gasteiger partial charge in [-0.2, -0.15) is 5.10 Å². The first-order valence-electron chi connectivity index (χ1n) is 5.32. The zero-order valence-electron chi connectivity index (χ0n) is 9.58. The van der Waals surface area contributed by atoms with E-state index in [1.165, 1.54) is 6.20 Å². The second-order valence-corrected chi connectivity index (χ2v) is 3.81. The standard InChI is InChI=1S/C10H18N4O2/c1-3-10(16,4-2)6-12-9(15)8-7(11)5-13-14-8/h5,16H,3-4,6,11H2,1-2H3,(H,12,15)(H,13,14). The molecule has 6 heteroatoms. The topological polar surface area (TPSA) is 104 Å². The van der Waals surface area contributed by atoms with Crippen LogP contribution in [-0.4, -0.2) is 33.4 Å². The van der Waals surface area contributed by atoms with Crippen LogP contribution in [0.4, 0.5) is 5.69 Å². The van der Waals surface area contributed by atoms with Crippen LogP contribution in [0.25, 0.3) is 0 Å². The Bertz CT molecular complexity index is 357. The van der Waals surface area contributed by atoms with Gasteiger partial charge < -0.3 is 16.2 Å². The number of nitrogens with two attached hydrogens (primary N) is 1. The minimum Gasteiger partial charge on any atom is -0.396 e. The average molecular weight is 226 g/mol. The summed E-state index contributed by atoms with van der Waals surface area (Å²) < 4.78 is 0. The summed E-state index contributed by atoms with van der Waals surface area (Å²) in [5, 5.41) is 18.8. The fraction of sp³-hybridized carbons (Fsp3) is 0.600. The fourth-order valence-corrected chi connectivity index (χ4v) is 1.31. The number of nitrogens with zero attached hydrogens (tertiary/aromatic N) is 1. The molecular weight excluding hydrogens is 208 g/mol. The largest absolute Gasteiger partial charge is 0.396 e. The van der Waals surface area contributed by atoms with E-state index in [2.05, 4.69) is 15.5 Å². The van der Waals surface area contributed by atoms with E-state index < -0.39 is 5.60 Å². The Kier molecular flexibility index (Phi) is 3.89. The summed E-state index contributed by atoms with van der Waals surface area (Å²) in [5.41, 5.74) is 5.20. The molecule has 1 heterocycles. The lowest BCUT2D eigenvalue weighted by molar-refractivity contribution is 0.0313. The number of H-pyrrole nitrogens is 1. The van der Waals surface area contributed by atoms with E-state index >= 15 is 0 Å². The summed E-state index contributed by atoms with van der Waals surface area (Å²) in [5.74, 6) is -0.352. The van der Waals surface area contributed by atoms with Crippen molar-refractivity contribution in [1.82, 2.24) is 15.5 Å². The first-order valence-corrected chi connectivity index (χ1v) is 5.32. The lowest BCUT2D eigenvalue weighted by Crippen LogP contribution is -2.42. The number of aromatic nitrogens is 2. The summed E-state index contributed by atoms with van der Waals surface area (Å²) in [6, 6.07) is 0. The van der Waals surface area contributed by atoms with Crippen molar-refractivity contribution in [1.29, 1.82) is 0 Å². The number of nitrogens with one attached hydrogen (secondary N) is 2. The molecule has 16 heavy (non-hydrogen) atoms. The minimum absolute atomic E-state index is 0.206. The van der Waals surface area contributed by atoms with Gasteiger partial charge in [0, 0.05) is 6.54 Å². The Morgan fingerprint density at radius 1 is 1.62 bits per heavy atom. The molecule has 90 valence electrons. The van der Waals surface area contributed by atoms with Crippen LogP contribution in [0.2, 0.25) is 0 Å². The SMILES string of the molecule is CCC(O)(CC)CNC(=O)c1[nH]ncc1N. The molecule has 0 atom stereocenters. The summed E-state index contributed by atoms with van der Waals surface area (Å²) >= 11 is 0. The van der Waals surface area contributed by atoms with Crippen molar-refractivity contribution in [2.24, 2.45) is 0 Å². The van der Waals surface area contributed by atoms with Crippen molar-refractivity contribution in [3.63, 3.8) is 0 Å². The number of aliphatic hydroxyl groups is 1. The smallest absolute Gasteiger partial charge is 0.271 e. The van der Waals surface area contributed by atoms with Gasteiger partial charge in [0.25, 0.3) is 5.91 Å². The predicted octanol–water partition coefficient (Wildman–Crippen LogP) is 0.273. The first kappa shape index (κ1) is 12.5. The van der Waals surface area contributed by atoms with Gasteiger partial charge in [0.2, 0.25) is 0 Å². The molecule has 1 aromatic rings. The van der Waals surface area contributed by atoms with Gasteiger partial charge in [0.15, 0.2) is 0 Å². The van der Waals surface area contributed by atoms with Gasteiger partial charge in [-0.05, 0) is 12.8 Å². The van der Waals surface area contributed by atoms with E-state index in [4.69, 9.17) is 5.73 Å². The second kappa shape index (κ2) is 4.98. The number of hydrogen-bond acceptors (Lipinski definition) is 4. The van der Waals surface area contributed by atoms with Gasteiger partial charge in [0.1, 0.15) is 5.69 Å². The highest BCUT2D eigenvalue weighted by atomic mass is 16.3. The number of anilines is 1. The maximum absolute atomic E-state index is 11.6. The summed E-state index contributed by atoms with van der Waals surface area (Å²) in [6.07, 6.45) is 2.55. The van der Waals surface area contributed by atoms with E-state index in [1.807, 2.05) is 13.8 Å². The van der Waals surface area contributed by atoms with Crippen molar-refractivity contribution in [2.75, 3.05) is 12.3 Å². The van der Waals surface area contributed by atoms with Crippen molar-refractivity contribution in [3.8, 4) is 0 Å². The molecule has 0 saturated heterocycles. The van der Waals surface area contributed by atoms with Gasteiger partial charge in [-0.15, -0.1) is 0 Å². The molecule has 0 saturated carbocycles. The van der Waals surface area contributed by atoms with Crippen molar-refractivity contribution in [2.45, 2.75) is 32.3 Å². The van der Waals surface area contributed by atoms with Gasteiger partial charge in [-0.3, -0.25) is 9.89 Å². The molecule has 0 aromatic carbocycles. The summed E-state index contributed by atoms with van der Waals surface area (Å²) in [7, 11) is 0. The Morgan fingerprint density at radius 2 is 2.25 bits per heavy atom. The van der Waals surface area contributed by atoms with Gasteiger partial charge in [-0.1, -0.05) is 13.8 Å². The molecule has 0 unspecified atom stereocenters. The molecule has 0 radical (unpaired) electrons. The molecule has 0 bridgehead atoms. The molecule has 0 aliphatic rings. The molecule has 0 spiro atoms. The van der Waals surface area contributed by atoms with E-state index in [0.29, 0.717) is 18.5 Å². The maximum Gasteiger partial charge on any atom is 0.271 e. The van der Waals surface area contributed by atoms with Crippen molar-refractivity contribution in [3.05, 3.63) is 11.9 Å². The number of hydrogen-bond donors (Lipinski definition) is 4. The highest BCUT2D eigenvalue weighted by Crippen LogP contribution is 2.13. The molecule has 0 aliphatic carbocycles. The second-order valence-electron chi connectivity index (χ2n) is 3.81. The molecule has 1 aromatic heterocycles. The van der Waals surface area contributed by atoms with E-state index in [0.717, 1.165) is 0 Å². The third-order valence-electron chi connectivity index (χ3n) is 2.79. The van der Waals surface area contributed by atoms with Crippen LogP contribution in [0.1, 0.15) is 37.2 Å². The highest BCUT2D eigenvalue weighted by Gasteiger charge is 2.23. The van der Waals surface area contributed by atoms with Gasteiger partial charge >= 0.3 is 0 Å². The highest BCUT2D eigenvalue weighted by molar-refractivity contribution is 5.96. The lowest BCUT2D eigenvalue weighted by Gasteiger charge is -2.25. The Labute approximate surface area is 94.2 Å². The van der Waals surface area contributed by atoms with E-state index in [1.54, 1.807) is 0 Å². The number of carbonyl (C=O) groups is 1. The first-order chi connectivity index (χ1) is 7.52. The molecule has 6 nitrogen and oxygen atoms in total. The average Bonchev–Trinajstić information content (AvgIpc) is 2.72. The molecule has 1 rings (SSSR count). The monoisotopic (exact) mass is 226 g/mol. The minimum atomic E-state index is -0.857. The number of rotatable bonds is 5. The molecule has 1 amide bonds. The number of nitrogen functional groups attached to an aromatic ring is 1. The van der Waals surface area contributed by atoms with Crippen LogP contribution in [0.5, 0.6) is 0 Å². The van der Waals surface area contributed by atoms with Crippen LogP contribution < -0.4 is 11.1 Å². The third-order valence-corrected chi connectivity index (χ3v) is 2.79.